The Balaban J connectivity index is 3.93. The normalized spacial score (nSPS) is 15.2. The summed E-state index contributed by atoms with van der Waals surface area (Å²) in [4.78, 5) is 15.3. The van der Waals surface area contributed by atoms with Gasteiger partial charge in [-0.05, 0) is 53.5 Å². The summed E-state index contributed by atoms with van der Waals surface area (Å²) in [6.45, 7) is 7.37. The summed E-state index contributed by atoms with van der Waals surface area (Å²) in [5, 5.41) is 8.93. The average molecular weight is 245 g/mol. The van der Waals surface area contributed by atoms with Crippen LogP contribution in [0.2, 0.25) is 0 Å². The number of rotatable bonds is 9. The molecule has 0 aliphatic heterocycles. The van der Waals surface area contributed by atoms with E-state index < -0.39 is 11.5 Å². The monoisotopic (exact) mass is 245 g/mol. The van der Waals surface area contributed by atoms with E-state index in [1.165, 1.54) is 0 Å². The number of hydrogen-bond donors (Lipinski definition) is 2. The molecule has 0 amide bonds. The molecule has 0 saturated carbocycles. The zero-order chi connectivity index (χ0) is 13.5. The molecule has 0 aromatic rings. The fourth-order valence-electron chi connectivity index (χ4n) is 1.54. The third-order valence-electron chi connectivity index (χ3n) is 2.96. The second-order valence-electron chi connectivity index (χ2n) is 5.06. The SMILES string of the molecule is CCN(CCCN(C)C)CCC(C)(N)C(=O)O. The first-order valence-electron chi connectivity index (χ1n) is 6.19. The molecule has 102 valence electrons. The lowest BCUT2D eigenvalue weighted by Crippen LogP contribution is -2.47. The maximum absolute atomic E-state index is 10.9. The molecule has 3 N–H and O–H groups in total. The molecule has 17 heavy (non-hydrogen) atoms. The lowest BCUT2D eigenvalue weighted by molar-refractivity contribution is -0.143. The van der Waals surface area contributed by atoms with Crippen molar-refractivity contribution in [3.8, 4) is 0 Å². The number of carboxylic acids is 1. The summed E-state index contributed by atoms with van der Waals surface area (Å²) in [5.41, 5.74) is 4.59. The van der Waals surface area contributed by atoms with Gasteiger partial charge in [0.05, 0.1) is 0 Å². The zero-order valence-electron chi connectivity index (χ0n) is 11.6. The minimum Gasteiger partial charge on any atom is -0.480 e. The van der Waals surface area contributed by atoms with E-state index in [0.717, 1.165) is 32.6 Å². The predicted molar refractivity (Wildman–Crippen MR) is 70.1 cm³/mol. The average Bonchev–Trinajstić information content (AvgIpc) is 2.22. The van der Waals surface area contributed by atoms with Gasteiger partial charge in [0, 0.05) is 6.54 Å². The van der Waals surface area contributed by atoms with Crippen molar-refractivity contribution in [2.24, 2.45) is 5.73 Å². The molecule has 1 unspecified atom stereocenters. The van der Waals surface area contributed by atoms with Crippen molar-refractivity contribution < 1.29 is 9.90 Å². The van der Waals surface area contributed by atoms with Crippen molar-refractivity contribution in [1.29, 1.82) is 0 Å². The van der Waals surface area contributed by atoms with Crippen LogP contribution in [0, 0.1) is 0 Å². The molecular formula is C12H27N3O2. The van der Waals surface area contributed by atoms with E-state index in [1.807, 2.05) is 0 Å². The number of nitrogens with two attached hydrogens (primary N) is 1. The van der Waals surface area contributed by atoms with Crippen LogP contribution in [-0.2, 0) is 4.79 Å². The fourth-order valence-corrected chi connectivity index (χ4v) is 1.54. The zero-order valence-corrected chi connectivity index (χ0v) is 11.6. The van der Waals surface area contributed by atoms with Crippen molar-refractivity contribution >= 4 is 5.97 Å². The van der Waals surface area contributed by atoms with E-state index in [-0.39, 0.29) is 0 Å². The van der Waals surface area contributed by atoms with Crippen LogP contribution in [0.5, 0.6) is 0 Å². The maximum Gasteiger partial charge on any atom is 0.323 e. The topological polar surface area (TPSA) is 69.8 Å². The largest absolute Gasteiger partial charge is 0.480 e. The van der Waals surface area contributed by atoms with Gasteiger partial charge in [0.25, 0.3) is 0 Å². The highest BCUT2D eigenvalue weighted by Crippen LogP contribution is 2.07. The minimum atomic E-state index is -1.12. The van der Waals surface area contributed by atoms with Gasteiger partial charge >= 0.3 is 5.97 Å². The Morgan fingerprint density at radius 3 is 2.29 bits per heavy atom. The summed E-state index contributed by atoms with van der Waals surface area (Å²) in [5.74, 6) is -0.929. The fraction of sp³-hybridized carbons (Fsp3) is 0.917. The van der Waals surface area contributed by atoms with Crippen LogP contribution in [0.15, 0.2) is 0 Å². The summed E-state index contributed by atoms with van der Waals surface area (Å²) >= 11 is 0. The van der Waals surface area contributed by atoms with Gasteiger partial charge in [0.15, 0.2) is 0 Å². The molecule has 0 rings (SSSR count). The van der Waals surface area contributed by atoms with Gasteiger partial charge in [-0.15, -0.1) is 0 Å². The molecule has 0 bridgehead atoms. The third-order valence-corrected chi connectivity index (χ3v) is 2.96. The van der Waals surface area contributed by atoms with Crippen LogP contribution in [-0.4, -0.2) is 66.7 Å². The van der Waals surface area contributed by atoms with E-state index in [2.05, 4.69) is 30.8 Å². The van der Waals surface area contributed by atoms with E-state index in [1.54, 1.807) is 6.92 Å². The molecule has 5 nitrogen and oxygen atoms in total. The number of carboxylic acid groups (broad SMARTS) is 1. The maximum atomic E-state index is 10.9. The van der Waals surface area contributed by atoms with Crippen LogP contribution in [0.3, 0.4) is 0 Å². The number of aliphatic carboxylic acids is 1. The third kappa shape index (κ3) is 7.31. The Labute approximate surface area is 105 Å². The van der Waals surface area contributed by atoms with Crippen molar-refractivity contribution in [1.82, 2.24) is 9.80 Å². The highest BCUT2D eigenvalue weighted by Gasteiger charge is 2.27. The van der Waals surface area contributed by atoms with Crippen molar-refractivity contribution in [2.75, 3.05) is 40.3 Å². The van der Waals surface area contributed by atoms with Gasteiger partial charge < -0.3 is 20.6 Å². The number of nitrogens with zero attached hydrogens (tertiary/aromatic N) is 2. The second kappa shape index (κ2) is 7.63. The number of hydrogen-bond acceptors (Lipinski definition) is 4. The molecule has 0 fully saturated rings. The van der Waals surface area contributed by atoms with Gasteiger partial charge in [-0.3, -0.25) is 4.79 Å². The summed E-state index contributed by atoms with van der Waals surface area (Å²) in [7, 11) is 4.11. The lowest BCUT2D eigenvalue weighted by atomic mass is 9.99. The Morgan fingerprint density at radius 2 is 1.88 bits per heavy atom. The molecule has 5 heteroatoms. The molecular weight excluding hydrogens is 218 g/mol. The molecule has 0 aromatic carbocycles. The molecule has 0 spiro atoms. The first-order valence-corrected chi connectivity index (χ1v) is 6.19. The lowest BCUT2D eigenvalue weighted by Gasteiger charge is -2.26. The van der Waals surface area contributed by atoms with E-state index in [4.69, 9.17) is 10.8 Å². The Morgan fingerprint density at radius 1 is 1.29 bits per heavy atom. The summed E-state index contributed by atoms with van der Waals surface area (Å²) in [6, 6.07) is 0. The first-order chi connectivity index (χ1) is 7.79. The summed E-state index contributed by atoms with van der Waals surface area (Å²) < 4.78 is 0. The molecule has 0 aromatic heterocycles. The molecule has 0 radical (unpaired) electrons. The molecule has 0 aliphatic carbocycles. The van der Waals surface area contributed by atoms with Crippen LogP contribution < -0.4 is 5.73 Å². The Bertz CT molecular complexity index is 230. The van der Waals surface area contributed by atoms with E-state index >= 15 is 0 Å². The van der Waals surface area contributed by atoms with Crippen LogP contribution in [0.25, 0.3) is 0 Å². The van der Waals surface area contributed by atoms with Crippen LogP contribution in [0.1, 0.15) is 26.7 Å². The quantitative estimate of drug-likeness (QED) is 0.617. The summed E-state index contributed by atoms with van der Waals surface area (Å²) in [6.07, 6.45) is 1.58. The first kappa shape index (κ1) is 16.4. The highest BCUT2D eigenvalue weighted by molar-refractivity contribution is 5.77. The predicted octanol–water partition coefficient (Wildman–Crippen LogP) is 0.452. The van der Waals surface area contributed by atoms with Gasteiger partial charge in [-0.25, -0.2) is 0 Å². The van der Waals surface area contributed by atoms with Gasteiger partial charge in [0.1, 0.15) is 5.54 Å². The molecule has 0 heterocycles. The van der Waals surface area contributed by atoms with Gasteiger partial charge in [0.2, 0.25) is 0 Å². The van der Waals surface area contributed by atoms with Crippen molar-refractivity contribution in [2.45, 2.75) is 32.2 Å². The van der Waals surface area contributed by atoms with Crippen LogP contribution >= 0.6 is 0 Å². The standard InChI is InChI=1S/C12H27N3O2/c1-5-15(9-6-8-14(3)4)10-7-12(2,13)11(16)17/h5-10,13H2,1-4H3,(H,16,17). The van der Waals surface area contributed by atoms with Crippen molar-refractivity contribution in [3.05, 3.63) is 0 Å². The van der Waals surface area contributed by atoms with Gasteiger partial charge in [-0.1, -0.05) is 6.92 Å². The molecule has 0 aliphatic rings. The van der Waals surface area contributed by atoms with Crippen LogP contribution in [0.4, 0.5) is 0 Å². The highest BCUT2D eigenvalue weighted by atomic mass is 16.4. The Kier molecular flexibility index (Phi) is 7.34. The minimum absolute atomic E-state index is 0.484. The number of carbonyl (C=O) groups is 1. The van der Waals surface area contributed by atoms with E-state index in [0.29, 0.717) is 6.42 Å². The van der Waals surface area contributed by atoms with Gasteiger partial charge in [-0.2, -0.15) is 0 Å². The second-order valence-corrected chi connectivity index (χ2v) is 5.06. The molecule has 1 atom stereocenters. The molecule has 0 saturated heterocycles. The smallest absolute Gasteiger partial charge is 0.323 e. The Hall–Kier alpha value is -0.650. The van der Waals surface area contributed by atoms with E-state index in [9.17, 15) is 4.79 Å². The van der Waals surface area contributed by atoms with Crippen molar-refractivity contribution in [3.63, 3.8) is 0 Å².